The predicted molar refractivity (Wildman–Crippen MR) is 117 cm³/mol. The molecule has 0 spiro atoms. The third-order valence-corrected chi connectivity index (χ3v) is 8.55. The fourth-order valence-electron chi connectivity index (χ4n) is 4.43. The Morgan fingerprint density at radius 3 is 2.16 bits per heavy atom. The van der Waals surface area contributed by atoms with Crippen molar-refractivity contribution >= 4 is 21.4 Å². The van der Waals surface area contributed by atoms with Crippen LogP contribution in [0.4, 0.5) is 5.69 Å². The molecular weight excluding hydrogens is 412 g/mol. The van der Waals surface area contributed by atoms with Crippen LogP contribution in [0, 0.1) is 17.8 Å². The van der Waals surface area contributed by atoms with Gasteiger partial charge in [-0.25, -0.2) is 8.42 Å². The first-order valence-electron chi connectivity index (χ1n) is 11.1. The number of sulfone groups is 1. The van der Waals surface area contributed by atoms with Gasteiger partial charge in [0, 0.05) is 17.6 Å². The molecule has 3 aliphatic rings. The van der Waals surface area contributed by atoms with E-state index >= 15 is 0 Å². The summed E-state index contributed by atoms with van der Waals surface area (Å²) >= 11 is 0. The van der Waals surface area contributed by atoms with E-state index in [0.717, 1.165) is 44.1 Å². The van der Waals surface area contributed by atoms with Crippen LogP contribution in [0.3, 0.4) is 0 Å². The molecule has 2 aromatic rings. The van der Waals surface area contributed by atoms with Crippen molar-refractivity contribution in [2.24, 2.45) is 17.8 Å². The predicted octanol–water partition coefficient (Wildman–Crippen LogP) is 3.45. The standard InChI is InChI=1S/C24H28N2O4S/c27-23(13-21-11-12-22(14-25-21)31(29,30)15-16-1-2-16)26-20-9-7-19(8-10-20)24(28,17-3-4-17)18-5-6-18/h7-12,14,16-18,28H,1-6,13,15H2,(H,26,27). The van der Waals surface area contributed by atoms with Gasteiger partial charge in [-0.1, -0.05) is 12.1 Å². The van der Waals surface area contributed by atoms with Crippen molar-refractivity contribution in [2.45, 2.75) is 55.4 Å². The molecule has 1 aromatic heterocycles. The van der Waals surface area contributed by atoms with Gasteiger partial charge in [-0.15, -0.1) is 0 Å². The first-order chi connectivity index (χ1) is 14.8. The van der Waals surface area contributed by atoms with Gasteiger partial charge in [-0.2, -0.15) is 0 Å². The molecule has 0 atom stereocenters. The lowest BCUT2D eigenvalue weighted by Gasteiger charge is -2.29. The van der Waals surface area contributed by atoms with Crippen molar-refractivity contribution in [2.75, 3.05) is 11.1 Å². The Bertz CT molecular complexity index is 1060. The molecule has 0 radical (unpaired) electrons. The Kier molecular flexibility index (Phi) is 5.13. The number of carbonyl (C=O) groups is 1. The molecular formula is C24H28N2O4S. The number of rotatable bonds is 9. The van der Waals surface area contributed by atoms with Gasteiger partial charge >= 0.3 is 0 Å². The van der Waals surface area contributed by atoms with E-state index in [0.29, 0.717) is 23.2 Å². The number of benzene rings is 1. The van der Waals surface area contributed by atoms with Crippen LogP contribution < -0.4 is 5.32 Å². The minimum atomic E-state index is -3.29. The smallest absolute Gasteiger partial charge is 0.230 e. The average molecular weight is 441 g/mol. The van der Waals surface area contributed by atoms with Crippen molar-refractivity contribution < 1.29 is 18.3 Å². The van der Waals surface area contributed by atoms with Crippen molar-refractivity contribution in [3.63, 3.8) is 0 Å². The average Bonchev–Trinajstić information content (AvgIpc) is 3.59. The van der Waals surface area contributed by atoms with E-state index < -0.39 is 15.4 Å². The number of hydrogen-bond acceptors (Lipinski definition) is 5. The fraction of sp³-hybridized carbons (Fsp3) is 0.500. The molecule has 5 rings (SSSR count). The SMILES string of the molecule is O=C(Cc1ccc(S(=O)(=O)CC2CC2)cn1)Nc1ccc(C(O)(C2CC2)C2CC2)cc1. The van der Waals surface area contributed by atoms with Crippen LogP contribution in [0.5, 0.6) is 0 Å². The summed E-state index contributed by atoms with van der Waals surface area (Å²) in [5.74, 6) is 0.978. The highest BCUT2D eigenvalue weighted by molar-refractivity contribution is 7.91. The lowest BCUT2D eigenvalue weighted by Crippen LogP contribution is -2.31. The molecule has 1 amide bonds. The minimum absolute atomic E-state index is 0.0682. The van der Waals surface area contributed by atoms with E-state index in [9.17, 15) is 18.3 Å². The van der Waals surface area contributed by atoms with Crippen LogP contribution in [0.15, 0.2) is 47.5 Å². The highest BCUT2D eigenvalue weighted by Crippen LogP contribution is 2.57. The Morgan fingerprint density at radius 1 is 1.00 bits per heavy atom. The van der Waals surface area contributed by atoms with Gasteiger partial charge in [0.15, 0.2) is 9.84 Å². The molecule has 1 aromatic carbocycles. The Hall–Kier alpha value is -2.25. The first kappa shape index (κ1) is 20.6. The summed E-state index contributed by atoms with van der Waals surface area (Å²) in [5.41, 5.74) is 1.43. The second kappa shape index (κ2) is 7.71. The highest BCUT2D eigenvalue weighted by Gasteiger charge is 2.54. The molecule has 6 nitrogen and oxygen atoms in total. The van der Waals surface area contributed by atoms with Crippen molar-refractivity contribution in [3.05, 3.63) is 53.9 Å². The maximum Gasteiger partial charge on any atom is 0.230 e. The van der Waals surface area contributed by atoms with Gasteiger partial charge < -0.3 is 10.4 Å². The number of aliphatic hydroxyl groups is 1. The summed E-state index contributed by atoms with van der Waals surface area (Å²) in [6.07, 6.45) is 7.71. The number of pyridine rings is 1. The first-order valence-corrected chi connectivity index (χ1v) is 12.8. The van der Waals surface area contributed by atoms with E-state index in [1.807, 2.05) is 24.3 Å². The topological polar surface area (TPSA) is 96.4 Å². The van der Waals surface area contributed by atoms with Crippen LogP contribution >= 0.6 is 0 Å². The summed E-state index contributed by atoms with van der Waals surface area (Å²) in [5, 5.41) is 14.1. The molecule has 3 fully saturated rings. The number of hydrogen-bond donors (Lipinski definition) is 2. The van der Waals surface area contributed by atoms with E-state index in [2.05, 4.69) is 10.3 Å². The van der Waals surface area contributed by atoms with Crippen molar-refractivity contribution in [3.8, 4) is 0 Å². The number of anilines is 1. The fourth-order valence-corrected chi connectivity index (χ4v) is 6.07. The summed E-state index contributed by atoms with van der Waals surface area (Å²) in [7, 11) is -3.29. The Morgan fingerprint density at radius 2 is 1.65 bits per heavy atom. The molecule has 0 aliphatic heterocycles. The number of amides is 1. The molecule has 164 valence electrons. The normalized spacial score (nSPS) is 19.3. The summed E-state index contributed by atoms with van der Waals surface area (Å²) in [6, 6.07) is 10.7. The molecule has 0 bridgehead atoms. The number of aromatic nitrogens is 1. The number of nitrogens with one attached hydrogen (secondary N) is 1. The summed E-state index contributed by atoms with van der Waals surface area (Å²) < 4.78 is 24.6. The van der Waals surface area contributed by atoms with Crippen LogP contribution in [-0.2, 0) is 26.7 Å². The largest absolute Gasteiger partial charge is 0.385 e. The third kappa shape index (κ3) is 4.53. The summed E-state index contributed by atoms with van der Waals surface area (Å²) in [4.78, 5) is 16.8. The lowest BCUT2D eigenvalue weighted by molar-refractivity contribution is -0.115. The maximum atomic E-state index is 12.4. The van der Waals surface area contributed by atoms with E-state index in [1.54, 1.807) is 12.1 Å². The second-order valence-corrected chi connectivity index (χ2v) is 11.4. The number of nitrogens with zero attached hydrogens (tertiary/aromatic N) is 1. The zero-order valence-corrected chi connectivity index (χ0v) is 18.3. The molecule has 1 heterocycles. The monoisotopic (exact) mass is 440 g/mol. The van der Waals surface area contributed by atoms with Crippen LogP contribution in [0.2, 0.25) is 0 Å². The Labute approximate surface area is 183 Å². The second-order valence-electron chi connectivity index (χ2n) is 9.39. The van der Waals surface area contributed by atoms with Crippen LogP contribution in [0.1, 0.15) is 49.8 Å². The Balaban J connectivity index is 1.19. The van der Waals surface area contributed by atoms with E-state index in [-0.39, 0.29) is 28.9 Å². The van der Waals surface area contributed by atoms with Crippen LogP contribution in [-0.4, -0.2) is 30.2 Å². The third-order valence-electron chi connectivity index (χ3n) is 6.68. The lowest BCUT2D eigenvalue weighted by atomic mass is 9.84. The van der Waals surface area contributed by atoms with Gasteiger partial charge in [-0.3, -0.25) is 9.78 Å². The van der Waals surface area contributed by atoms with Gasteiger partial charge in [-0.05, 0) is 86.1 Å². The molecule has 0 saturated heterocycles. The molecule has 31 heavy (non-hydrogen) atoms. The van der Waals surface area contributed by atoms with Gasteiger partial charge in [0.1, 0.15) is 0 Å². The highest BCUT2D eigenvalue weighted by atomic mass is 32.2. The van der Waals surface area contributed by atoms with Crippen molar-refractivity contribution in [1.29, 1.82) is 0 Å². The van der Waals surface area contributed by atoms with E-state index in [1.165, 1.54) is 6.20 Å². The zero-order valence-electron chi connectivity index (χ0n) is 17.5. The zero-order chi connectivity index (χ0) is 21.6. The van der Waals surface area contributed by atoms with E-state index in [4.69, 9.17) is 0 Å². The molecule has 2 N–H and O–H groups in total. The number of carbonyl (C=O) groups excluding carboxylic acids is 1. The molecule has 0 unspecified atom stereocenters. The maximum absolute atomic E-state index is 12.4. The van der Waals surface area contributed by atoms with Gasteiger partial charge in [0.25, 0.3) is 0 Å². The molecule has 7 heteroatoms. The minimum Gasteiger partial charge on any atom is -0.385 e. The molecule has 3 aliphatic carbocycles. The molecule has 3 saturated carbocycles. The van der Waals surface area contributed by atoms with Crippen LogP contribution in [0.25, 0.3) is 0 Å². The quantitative estimate of drug-likeness (QED) is 0.623. The van der Waals surface area contributed by atoms with Crippen molar-refractivity contribution in [1.82, 2.24) is 4.98 Å². The van der Waals surface area contributed by atoms with Gasteiger partial charge in [0.2, 0.25) is 5.91 Å². The van der Waals surface area contributed by atoms with Gasteiger partial charge in [0.05, 0.1) is 22.7 Å². The summed E-state index contributed by atoms with van der Waals surface area (Å²) in [6.45, 7) is 0.